The van der Waals surface area contributed by atoms with E-state index in [-0.39, 0.29) is 11.9 Å². The molecule has 116 valence electrons. The van der Waals surface area contributed by atoms with Crippen LogP contribution >= 0.6 is 0 Å². The second-order valence-electron chi connectivity index (χ2n) is 6.28. The van der Waals surface area contributed by atoms with Crippen LogP contribution in [0.5, 0.6) is 0 Å². The molecule has 0 bridgehead atoms. The van der Waals surface area contributed by atoms with Gasteiger partial charge >= 0.3 is 0 Å². The summed E-state index contributed by atoms with van der Waals surface area (Å²) in [7, 11) is 0. The smallest absolute Gasteiger partial charge is 0.220 e. The van der Waals surface area contributed by atoms with E-state index in [9.17, 15) is 4.79 Å². The topological polar surface area (TPSA) is 56.2 Å². The highest BCUT2D eigenvalue weighted by Crippen LogP contribution is 2.18. The number of amides is 1. The summed E-state index contributed by atoms with van der Waals surface area (Å²) in [6.07, 6.45) is 9.24. The quantitative estimate of drug-likeness (QED) is 0.923. The lowest BCUT2D eigenvalue weighted by atomic mass is 10.0. The number of fused-ring (bicyclic) bond motifs is 1. The highest BCUT2D eigenvalue weighted by atomic mass is 16.5. The van der Waals surface area contributed by atoms with Gasteiger partial charge in [-0.25, -0.2) is 4.98 Å². The fourth-order valence-electron chi connectivity index (χ4n) is 3.33. The number of nitrogens with one attached hydrogen (secondary N) is 1. The van der Waals surface area contributed by atoms with Gasteiger partial charge in [-0.3, -0.25) is 4.79 Å². The van der Waals surface area contributed by atoms with Crippen molar-refractivity contribution in [1.82, 2.24) is 14.9 Å². The number of nitrogens with zero attached hydrogens (tertiary/aromatic N) is 2. The highest BCUT2D eigenvalue weighted by Gasteiger charge is 2.22. The predicted molar refractivity (Wildman–Crippen MR) is 80.0 cm³/mol. The summed E-state index contributed by atoms with van der Waals surface area (Å²) < 4.78 is 7.85. The van der Waals surface area contributed by atoms with Crippen LogP contribution in [0, 0.1) is 6.92 Å². The van der Waals surface area contributed by atoms with Crippen LogP contribution < -0.4 is 5.32 Å². The van der Waals surface area contributed by atoms with Crippen LogP contribution in [0.4, 0.5) is 0 Å². The molecule has 0 saturated carbocycles. The summed E-state index contributed by atoms with van der Waals surface area (Å²) in [5.74, 6) is 1.31. The fourth-order valence-corrected chi connectivity index (χ4v) is 3.33. The second kappa shape index (κ2) is 6.60. The normalized spacial score (nSPS) is 25.4. The Labute approximate surface area is 126 Å². The number of aryl methyl sites for hydroxylation is 2. The Morgan fingerprint density at radius 2 is 2.38 bits per heavy atom. The maximum Gasteiger partial charge on any atom is 0.220 e. The zero-order valence-electron chi connectivity index (χ0n) is 12.8. The first-order valence-corrected chi connectivity index (χ1v) is 8.14. The largest absolute Gasteiger partial charge is 0.378 e. The summed E-state index contributed by atoms with van der Waals surface area (Å²) in [5, 5.41) is 3.17. The highest BCUT2D eigenvalue weighted by molar-refractivity contribution is 5.76. The Kier molecular flexibility index (Phi) is 4.58. The lowest BCUT2D eigenvalue weighted by Gasteiger charge is -2.26. The van der Waals surface area contributed by atoms with Crippen molar-refractivity contribution in [3.63, 3.8) is 0 Å². The molecule has 0 spiro atoms. The number of carbonyl (C=O) groups is 1. The number of imidazole rings is 1. The number of hydrogen-bond acceptors (Lipinski definition) is 3. The zero-order chi connectivity index (χ0) is 14.7. The van der Waals surface area contributed by atoms with Gasteiger partial charge in [-0.1, -0.05) is 0 Å². The van der Waals surface area contributed by atoms with E-state index in [0.717, 1.165) is 56.8 Å². The van der Waals surface area contributed by atoms with Crippen LogP contribution in [0.2, 0.25) is 0 Å². The van der Waals surface area contributed by atoms with E-state index in [2.05, 4.69) is 21.1 Å². The molecule has 2 atom stereocenters. The van der Waals surface area contributed by atoms with Gasteiger partial charge in [0.25, 0.3) is 0 Å². The SMILES string of the molecule is Cc1cn2c(n1)CCC(NC(=O)CCC1CCCCO1)C2. The van der Waals surface area contributed by atoms with Crippen molar-refractivity contribution in [3.05, 3.63) is 17.7 Å². The molecule has 0 aromatic carbocycles. The first-order valence-electron chi connectivity index (χ1n) is 8.14. The maximum absolute atomic E-state index is 12.1. The molecule has 2 aliphatic heterocycles. The van der Waals surface area contributed by atoms with Gasteiger partial charge < -0.3 is 14.6 Å². The zero-order valence-corrected chi connectivity index (χ0v) is 12.8. The molecule has 1 amide bonds. The molecule has 2 aliphatic rings. The Morgan fingerprint density at radius 3 is 3.19 bits per heavy atom. The third-order valence-corrected chi connectivity index (χ3v) is 4.45. The molecule has 2 unspecified atom stereocenters. The van der Waals surface area contributed by atoms with E-state index in [0.29, 0.717) is 12.5 Å². The summed E-state index contributed by atoms with van der Waals surface area (Å²) in [6.45, 7) is 3.72. The molecule has 1 aromatic rings. The molecular formula is C16H25N3O2. The molecule has 1 aromatic heterocycles. The minimum atomic E-state index is 0.162. The van der Waals surface area contributed by atoms with E-state index in [1.807, 2.05) is 6.92 Å². The number of ether oxygens (including phenoxy) is 1. The Morgan fingerprint density at radius 1 is 1.48 bits per heavy atom. The molecule has 21 heavy (non-hydrogen) atoms. The van der Waals surface area contributed by atoms with Crippen LogP contribution in [0.25, 0.3) is 0 Å². The van der Waals surface area contributed by atoms with E-state index in [1.54, 1.807) is 0 Å². The van der Waals surface area contributed by atoms with Crippen molar-refractivity contribution in [2.24, 2.45) is 0 Å². The van der Waals surface area contributed by atoms with Crippen LogP contribution in [0.3, 0.4) is 0 Å². The number of hydrogen-bond donors (Lipinski definition) is 1. The minimum Gasteiger partial charge on any atom is -0.378 e. The van der Waals surface area contributed by atoms with Crippen molar-refractivity contribution in [2.45, 2.75) is 70.6 Å². The standard InChI is InChI=1S/C16H25N3O2/c1-12-10-19-11-13(5-7-15(19)17-12)18-16(20)8-6-14-4-2-3-9-21-14/h10,13-14H,2-9,11H2,1H3,(H,18,20). The van der Waals surface area contributed by atoms with Gasteiger partial charge in [-0.2, -0.15) is 0 Å². The molecule has 0 aliphatic carbocycles. The average Bonchev–Trinajstić information content (AvgIpc) is 2.85. The molecule has 3 rings (SSSR count). The van der Waals surface area contributed by atoms with E-state index < -0.39 is 0 Å². The first-order chi connectivity index (χ1) is 10.2. The molecule has 1 N–H and O–H groups in total. The molecular weight excluding hydrogens is 266 g/mol. The summed E-state index contributed by atoms with van der Waals surface area (Å²) in [4.78, 5) is 16.6. The summed E-state index contributed by atoms with van der Waals surface area (Å²) >= 11 is 0. The van der Waals surface area contributed by atoms with Crippen molar-refractivity contribution in [1.29, 1.82) is 0 Å². The first kappa shape index (κ1) is 14.6. The van der Waals surface area contributed by atoms with Crippen molar-refractivity contribution in [2.75, 3.05) is 6.61 Å². The van der Waals surface area contributed by atoms with Gasteiger partial charge in [0.05, 0.1) is 11.8 Å². The van der Waals surface area contributed by atoms with Gasteiger partial charge in [0.1, 0.15) is 5.82 Å². The molecule has 5 heteroatoms. The van der Waals surface area contributed by atoms with Crippen LogP contribution in [0.15, 0.2) is 6.20 Å². The van der Waals surface area contributed by atoms with E-state index in [4.69, 9.17) is 4.74 Å². The predicted octanol–water partition coefficient (Wildman–Crippen LogP) is 1.97. The fraction of sp³-hybridized carbons (Fsp3) is 0.750. The molecule has 1 fully saturated rings. The molecule has 0 radical (unpaired) electrons. The van der Waals surface area contributed by atoms with Crippen molar-refractivity contribution in [3.8, 4) is 0 Å². The van der Waals surface area contributed by atoms with Gasteiger partial charge in [0.2, 0.25) is 5.91 Å². The molecule has 5 nitrogen and oxygen atoms in total. The average molecular weight is 291 g/mol. The van der Waals surface area contributed by atoms with Gasteiger partial charge in [0.15, 0.2) is 0 Å². The minimum absolute atomic E-state index is 0.162. The maximum atomic E-state index is 12.1. The number of carbonyl (C=O) groups excluding carboxylic acids is 1. The molecule has 1 saturated heterocycles. The third kappa shape index (κ3) is 3.84. The van der Waals surface area contributed by atoms with Crippen LogP contribution in [-0.4, -0.2) is 34.2 Å². The molecule has 3 heterocycles. The van der Waals surface area contributed by atoms with Crippen molar-refractivity contribution >= 4 is 5.91 Å². The van der Waals surface area contributed by atoms with Crippen LogP contribution in [-0.2, 0) is 22.5 Å². The third-order valence-electron chi connectivity index (χ3n) is 4.45. The van der Waals surface area contributed by atoms with Gasteiger partial charge in [-0.15, -0.1) is 0 Å². The number of aromatic nitrogens is 2. The second-order valence-corrected chi connectivity index (χ2v) is 6.28. The van der Waals surface area contributed by atoms with Gasteiger partial charge in [-0.05, 0) is 39.0 Å². The van der Waals surface area contributed by atoms with Crippen molar-refractivity contribution < 1.29 is 9.53 Å². The monoisotopic (exact) mass is 291 g/mol. The Balaban J connectivity index is 1.43. The summed E-state index contributed by atoms with van der Waals surface area (Å²) in [5.41, 5.74) is 1.06. The number of rotatable bonds is 4. The van der Waals surface area contributed by atoms with Crippen LogP contribution in [0.1, 0.15) is 50.0 Å². The lowest BCUT2D eigenvalue weighted by molar-refractivity contribution is -0.123. The van der Waals surface area contributed by atoms with Gasteiger partial charge in [0, 0.05) is 38.2 Å². The summed E-state index contributed by atoms with van der Waals surface area (Å²) in [6, 6.07) is 0.242. The van der Waals surface area contributed by atoms with E-state index in [1.165, 1.54) is 6.42 Å². The Bertz CT molecular complexity index is 492. The van der Waals surface area contributed by atoms with E-state index >= 15 is 0 Å². The Hall–Kier alpha value is -1.36. The lowest BCUT2D eigenvalue weighted by Crippen LogP contribution is -2.41.